The molecule has 0 fully saturated rings. The van der Waals surface area contributed by atoms with Crippen LogP contribution in [0.15, 0.2) is 48.5 Å². The number of carbonyl (C=O) groups is 2. The van der Waals surface area contributed by atoms with E-state index in [-0.39, 0.29) is 18.1 Å². The maximum absolute atomic E-state index is 12.8. The Balaban J connectivity index is 2.13. The third-order valence-electron chi connectivity index (χ3n) is 4.06. The summed E-state index contributed by atoms with van der Waals surface area (Å²) < 4.78 is 11.8. The van der Waals surface area contributed by atoms with Gasteiger partial charge in [0.05, 0.1) is 12.1 Å². The monoisotopic (exact) mass is 381 g/mol. The smallest absolute Gasteiger partial charge is 0.419 e. The molecule has 0 aliphatic heterocycles. The van der Waals surface area contributed by atoms with Crippen molar-refractivity contribution in [3.63, 3.8) is 0 Å². The predicted octanol–water partition coefficient (Wildman–Crippen LogP) is 4.97. The molecule has 28 heavy (non-hydrogen) atoms. The Hall–Kier alpha value is -3.28. The first-order chi connectivity index (χ1) is 13.2. The van der Waals surface area contributed by atoms with Crippen LogP contribution in [-0.4, -0.2) is 33.9 Å². The van der Waals surface area contributed by atoms with Crippen LogP contribution >= 0.6 is 0 Å². The van der Waals surface area contributed by atoms with Crippen molar-refractivity contribution in [2.75, 3.05) is 6.61 Å². The lowest BCUT2D eigenvalue weighted by atomic mass is 10.0. The molecule has 0 bridgehead atoms. The summed E-state index contributed by atoms with van der Waals surface area (Å²) in [5.41, 5.74) is 1.77. The van der Waals surface area contributed by atoms with E-state index in [0.29, 0.717) is 10.9 Å². The van der Waals surface area contributed by atoms with Crippen molar-refractivity contribution in [1.82, 2.24) is 4.57 Å². The van der Waals surface area contributed by atoms with E-state index in [0.717, 1.165) is 11.1 Å². The molecular weight excluding hydrogens is 358 g/mol. The van der Waals surface area contributed by atoms with E-state index >= 15 is 0 Å². The molecule has 0 radical (unpaired) electrons. The van der Waals surface area contributed by atoms with Crippen molar-refractivity contribution in [3.8, 4) is 16.9 Å². The number of hydrogen-bond donors (Lipinski definition) is 1. The van der Waals surface area contributed by atoms with Gasteiger partial charge in [-0.2, -0.15) is 0 Å². The summed E-state index contributed by atoms with van der Waals surface area (Å²) >= 11 is 0. The van der Waals surface area contributed by atoms with Crippen molar-refractivity contribution in [1.29, 1.82) is 0 Å². The van der Waals surface area contributed by atoms with Crippen molar-refractivity contribution in [3.05, 3.63) is 54.2 Å². The molecule has 1 N–H and O–H groups in total. The predicted molar refractivity (Wildman–Crippen MR) is 107 cm³/mol. The number of carbonyl (C=O) groups excluding carboxylic acids is 2. The minimum atomic E-state index is -0.703. The number of hydrogen-bond acceptors (Lipinski definition) is 5. The lowest BCUT2D eigenvalue weighted by Crippen LogP contribution is -2.29. The molecule has 0 amide bonds. The van der Waals surface area contributed by atoms with Crippen LogP contribution in [0.25, 0.3) is 22.0 Å². The Labute approximate surface area is 163 Å². The van der Waals surface area contributed by atoms with Crippen LogP contribution in [0.4, 0.5) is 4.79 Å². The molecule has 0 aliphatic carbocycles. The zero-order valence-corrected chi connectivity index (χ0v) is 16.4. The average Bonchev–Trinajstić information content (AvgIpc) is 3.00. The fraction of sp³-hybridized carbons (Fsp3) is 0.273. The first-order valence-corrected chi connectivity index (χ1v) is 9.05. The first kappa shape index (κ1) is 19.5. The number of phenols is 1. The standard InChI is InChI=1S/C22H23NO5/c1-5-27-20(25)19-13-16-12-15(14-6-9-17(24)10-7-14)8-11-18(16)23(19)21(26)28-22(2,3)4/h6-13,24H,5H2,1-4H3. The zero-order valence-electron chi connectivity index (χ0n) is 16.4. The van der Waals surface area contributed by atoms with E-state index in [1.165, 1.54) is 4.57 Å². The number of benzene rings is 2. The van der Waals surface area contributed by atoms with Crippen LogP contribution in [0.5, 0.6) is 5.75 Å². The number of rotatable bonds is 3. The second-order valence-corrected chi connectivity index (χ2v) is 7.39. The van der Waals surface area contributed by atoms with Crippen molar-refractivity contribution in [2.24, 2.45) is 0 Å². The van der Waals surface area contributed by atoms with Crippen molar-refractivity contribution >= 4 is 23.0 Å². The van der Waals surface area contributed by atoms with E-state index in [2.05, 4.69) is 0 Å². The van der Waals surface area contributed by atoms with E-state index < -0.39 is 17.7 Å². The number of esters is 1. The van der Waals surface area contributed by atoms with Gasteiger partial charge in [-0.05, 0) is 69.2 Å². The largest absolute Gasteiger partial charge is 0.508 e. The van der Waals surface area contributed by atoms with Crippen LogP contribution < -0.4 is 0 Å². The van der Waals surface area contributed by atoms with Gasteiger partial charge < -0.3 is 14.6 Å². The lowest BCUT2D eigenvalue weighted by molar-refractivity contribution is 0.0454. The number of fused-ring (bicyclic) bond motifs is 1. The normalized spacial score (nSPS) is 11.4. The molecule has 0 saturated carbocycles. The van der Waals surface area contributed by atoms with E-state index in [1.54, 1.807) is 64.1 Å². The highest BCUT2D eigenvalue weighted by atomic mass is 16.6. The highest BCUT2D eigenvalue weighted by Gasteiger charge is 2.25. The molecule has 0 spiro atoms. The SMILES string of the molecule is CCOC(=O)c1cc2cc(-c3ccc(O)cc3)ccc2n1C(=O)OC(C)(C)C. The fourth-order valence-corrected chi connectivity index (χ4v) is 2.91. The number of nitrogens with zero attached hydrogens (tertiary/aromatic N) is 1. The second-order valence-electron chi connectivity index (χ2n) is 7.39. The van der Waals surface area contributed by atoms with Crippen molar-refractivity contribution in [2.45, 2.75) is 33.3 Å². The molecule has 3 aromatic rings. The Morgan fingerprint density at radius 3 is 2.25 bits per heavy atom. The van der Waals surface area contributed by atoms with Crippen LogP contribution in [0, 0.1) is 0 Å². The average molecular weight is 381 g/mol. The molecule has 1 heterocycles. The summed E-state index contributed by atoms with van der Waals surface area (Å²) in [6, 6.07) is 13.9. The van der Waals surface area contributed by atoms with Gasteiger partial charge in [-0.15, -0.1) is 0 Å². The molecule has 0 unspecified atom stereocenters. The zero-order chi connectivity index (χ0) is 20.5. The maximum atomic E-state index is 12.8. The Morgan fingerprint density at radius 2 is 1.64 bits per heavy atom. The van der Waals surface area contributed by atoms with Gasteiger partial charge in [0.25, 0.3) is 0 Å². The second kappa shape index (κ2) is 7.38. The number of aromatic hydroxyl groups is 1. The third kappa shape index (κ3) is 4.01. The van der Waals surface area contributed by atoms with Crippen LogP contribution in [-0.2, 0) is 9.47 Å². The number of aromatic nitrogens is 1. The molecule has 2 aromatic carbocycles. The molecule has 0 saturated heterocycles. The van der Waals surface area contributed by atoms with Gasteiger partial charge in [-0.1, -0.05) is 18.2 Å². The molecule has 6 nitrogen and oxygen atoms in total. The van der Waals surface area contributed by atoms with E-state index in [9.17, 15) is 14.7 Å². The molecule has 146 valence electrons. The first-order valence-electron chi connectivity index (χ1n) is 9.05. The highest BCUT2D eigenvalue weighted by molar-refractivity contribution is 6.02. The van der Waals surface area contributed by atoms with Crippen molar-refractivity contribution < 1.29 is 24.2 Å². The summed E-state index contributed by atoms with van der Waals surface area (Å²) in [5, 5.41) is 10.2. The van der Waals surface area contributed by atoms with Crippen LogP contribution in [0.2, 0.25) is 0 Å². The van der Waals surface area contributed by atoms with Crippen LogP contribution in [0.1, 0.15) is 38.2 Å². The Kier molecular flexibility index (Phi) is 5.14. The summed E-state index contributed by atoms with van der Waals surface area (Å²) in [6.45, 7) is 7.21. The topological polar surface area (TPSA) is 77.8 Å². The fourth-order valence-electron chi connectivity index (χ4n) is 2.91. The molecule has 6 heteroatoms. The molecule has 0 atom stereocenters. The summed E-state index contributed by atoms with van der Waals surface area (Å²) in [6.07, 6.45) is -0.636. The van der Waals surface area contributed by atoms with Gasteiger partial charge in [0.15, 0.2) is 0 Å². The summed E-state index contributed by atoms with van der Waals surface area (Å²) in [4.78, 5) is 25.2. The highest BCUT2D eigenvalue weighted by Crippen LogP contribution is 2.29. The number of ether oxygens (including phenoxy) is 2. The van der Waals surface area contributed by atoms with Gasteiger partial charge >= 0.3 is 12.1 Å². The number of phenolic OH excluding ortho intramolecular Hbond substituents is 1. The molecule has 1 aromatic heterocycles. The van der Waals surface area contributed by atoms with E-state index in [1.807, 2.05) is 12.1 Å². The lowest BCUT2D eigenvalue weighted by Gasteiger charge is -2.20. The van der Waals surface area contributed by atoms with E-state index in [4.69, 9.17) is 9.47 Å². The summed E-state index contributed by atoms with van der Waals surface area (Å²) in [5.74, 6) is -0.402. The van der Waals surface area contributed by atoms with Gasteiger partial charge in [-0.25, -0.2) is 14.2 Å². The minimum Gasteiger partial charge on any atom is -0.508 e. The van der Waals surface area contributed by atoms with Gasteiger partial charge in [0.1, 0.15) is 17.0 Å². The quantitative estimate of drug-likeness (QED) is 0.648. The Morgan fingerprint density at radius 1 is 1.00 bits per heavy atom. The molecule has 0 aliphatic rings. The maximum Gasteiger partial charge on any atom is 0.419 e. The van der Waals surface area contributed by atoms with Crippen LogP contribution in [0.3, 0.4) is 0 Å². The Bertz CT molecular complexity index is 1030. The molecular formula is C22H23NO5. The summed E-state index contributed by atoms with van der Waals surface area (Å²) in [7, 11) is 0. The third-order valence-corrected chi connectivity index (χ3v) is 4.06. The van der Waals surface area contributed by atoms with Gasteiger partial charge in [0.2, 0.25) is 0 Å². The molecule has 3 rings (SSSR count). The minimum absolute atomic E-state index is 0.119. The van der Waals surface area contributed by atoms with Gasteiger partial charge in [-0.3, -0.25) is 0 Å². The van der Waals surface area contributed by atoms with Gasteiger partial charge in [0, 0.05) is 5.39 Å².